The highest BCUT2D eigenvalue weighted by Crippen LogP contribution is 2.27. The van der Waals surface area contributed by atoms with Crippen LogP contribution in [-0.4, -0.2) is 22.4 Å². The molecule has 1 N–H and O–H groups in total. The summed E-state index contributed by atoms with van der Waals surface area (Å²) in [6.45, 7) is 0. The van der Waals surface area contributed by atoms with E-state index in [4.69, 9.17) is 9.47 Å². The lowest BCUT2D eigenvalue weighted by molar-refractivity contribution is -0.112. The zero-order chi connectivity index (χ0) is 24.1. The number of hydrogen-bond acceptors (Lipinski definition) is 6. The lowest BCUT2D eigenvalue weighted by Crippen LogP contribution is -2.20. The standard InChI is InChI=1S/C25H17BrN4O4/c1-33-21-7-3-2-6-20(21)28-23(31)16(15-27)14-19-24(34-18-11-9-17(26)10-12-18)29-22-8-4-5-13-30(22)25(19)32/h2-14H,1H3,(H,28,31). The minimum Gasteiger partial charge on any atom is -0.495 e. The van der Waals surface area contributed by atoms with Crippen LogP contribution in [0.2, 0.25) is 0 Å². The molecule has 0 bridgehead atoms. The molecule has 9 heteroatoms. The van der Waals surface area contributed by atoms with Crippen LogP contribution in [-0.2, 0) is 4.79 Å². The number of nitriles is 1. The number of fused-ring (bicyclic) bond motifs is 1. The number of pyridine rings is 1. The fraction of sp³-hybridized carbons (Fsp3) is 0.0400. The van der Waals surface area contributed by atoms with E-state index in [1.807, 2.05) is 6.07 Å². The molecule has 4 aromatic rings. The Bertz CT molecular complexity index is 1500. The van der Waals surface area contributed by atoms with E-state index >= 15 is 0 Å². The van der Waals surface area contributed by atoms with Gasteiger partial charge in [0.1, 0.15) is 34.4 Å². The predicted molar refractivity (Wildman–Crippen MR) is 131 cm³/mol. The average molecular weight is 517 g/mol. The van der Waals surface area contributed by atoms with Gasteiger partial charge in [0, 0.05) is 10.7 Å². The molecule has 2 heterocycles. The first kappa shape index (κ1) is 22.8. The number of para-hydroxylation sites is 2. The van der Waals surface area contributed by atoms with E-state index in [0.717, 1.165) is 4.47 Å². The van der Waals surface area contributed by atoms with Crippen LogP contribution in [0.4, 0.5) is 5.69 Å². The molecule has 2 aromatic carbocycles. The second-order valence-electron chi connectivity index (χ2n) is 6.94. The van der Waals surface area contributed by atoms with Crippen molar-refractivity contribution in [3.63, 3.8) is 0 Å². The lowest BCUT2D eigenvalue weighted by atomic mass is 10.1. The molecule has 168 valence electrons. The minimum atomic E-state index is -0.709. The van der Waals surface area contributed by atoms with E-state index in [9.17, 15) is 14.9 Å². The number of carbonyl (C=O) groups excluding carboxylic acids is 1. The number of benzene rings is 2. The van der Waals surface area contributed by atoms with Gasteiger partial charge in [-0.2, -0.15) is 10.2 Å². The van der Waals surface area contributed by atoms with Gasteiger partial charge in [-0.05, 0) is 54.6 Å². The Morgan fingerprint density at radius 1 is 1.12 bits per heavy atom. The Labute approximate surface area is 202 Å². The van der Waals surface area contributed by atoms with Gasteiger partial charge < -0.3 is 14.8 Å². The molecule has 0 unspecified atom stereocenters. The number of amides is 1. The van der Waals surface area contributed by atoms with E-state index in [1.54, 1.807) is 72.9 Å². The number of carbonyl (C=O) groups is 1. The highest BCUT2D eigenvalue weighted by Gasteiger charge is 2.18. The molecule has 0 aliphatic rings. The van der Waals surface area contributed by atoms with Crippen molar-refractivity contribution < 1.29 is 14.3 Å². The Morgan fingerprint density at radius 2 is 1.85 bits per heavy atom. The first-order valence-electron chi connectivity index (χ1n) is 10.0. The van der Waals surface area contributed by atoms with Crippen molar-refractivity contribution in [3.8, 4) is 23.4 Å². The zero-order valence-electron chi connectivity index (χ0n) is 17.9. The number of hydrogen-bond donors (Lipinski definition) is 1. The predicted octanol–water partition coefficient (Wildman–Crippen LogP) is 4.80. The molecular formula is C25H17BrN4O4. The number of aromatic nitrogens is 2. The number of halogens is 1. The van der Waals surface area contributed by atoms with E-state index in [0.29, 0.717) is 22.8 Å². The smallest absolute Gasteiger partial charge is 0.269 e. The topological polar surface area (TPSA) is 106 Å². The maximum atomic E-state index is 13.3. The van der Waals surface area contributed by atoms with Gasteiger partial charge in [0.2, 0.25) is 5.88 Å². The maximum Gasteiger partial charge on any atom is 0.269 e. The third-order valence-corrected chi connectivity index (χ3v) is 5.30. The first-order valence-corrected chi connectivity index (χ1v) is 10.8. The summed E-state index contributed by atoms with van der Waals surface area (Å²) in [6.07, 6.45) is 2.72. The summed E-state index contributed by atoms with van der Waals surface area (Å²) in [5, 5.41) is 12.3. The van der Waals surface area contributed by atoms with Crippen LogP contribution in [0.5, 0.6) is 17.4 Å². The SMILES string of the molecule is COc1ccccc1NC(=O)C(C#N)=Cc1c(Oc2ccc(Br)cc2)nc2ccccn2c1=O. The van der Waals surface area contributed by atoms with Crippen LogP contribution in [0.15, 0.2) is 87.8 Å². The minimum absolute atomic E-state index is 0.0311. The molecule has 0 spiro atoms. The molecule has 1 amide bonds. The van der Waals surface area contributed by atoms with Crippen LogP contribution in [0.1, 0.15) is 5.56 Å². The molecule has 0 aliphatic heterocycles. The summed E-state index contributed by atoms with van der Waals surface area (Å²) in [4.78, 5) is 30.6. The fourth-order valence-electron chi connectivity index (χ4n) is 3.13. The van der Waals surface area contributed by atoms with E-state index < -0.39 is 11.5 Å². The van der Waals surface area contributed by atoms with Gasteiger partial charge in [0.25, 0.3) is 11.5 Å². The number of rotatable bonds is 6. The Balaban J connectivity index is 1.79. The van der Waals surface area contributed by atoms with Crippen molar-refractivity contribution >= 4 is 39.2 Å². The molecule has 0 aliphatic carbocycles. The Kier molecular flexibility index (Phi) is 6.71. The number of nitrogens with one attached hydrogen (secondary N) is 1. The highest BCUT2D eigenvalue weighted by molar-refractivity contribution is 9.10. The summed E-state index contributed by atoms with van der Waals surface area (Å²) < 4.78 is 13.3. The van der Waals surface area contributed by atoms with Gasteiger partial charge >= 0.3 is 0 Å². The number of nitrogens with zero attached hydrogens (tertiary/aromatic N) is 3. The van der Waals surface area contributed by atoms with Crippen molar-refractivity contribution in [2.45, 2.75) is 0 Å². The van der Waals surface area contributed by atoms with E-state index in [1.165, 1.54) is 17.6 Å². The molecule has 34 heavy (non-hydrogen) atoms. The summed E-state index contributed by atoms with van der Waals surface area (Å²) >= 11 is 3.36. The Morgan fingerprint density at radius 3 is 2.59 bits per heavy atom. The van der Waals surface area contributed by atoms with Gasteiger partial charge in [-0.25, -0.2) is 0 Å². The van der Waals surface area contributed by atoms with Crippen LogP contribution in [0.3, 0.4) is 0 Å². The molecule has 0 atom stereocenters. The summed E-state index contributed by atoms with van der Waals surface area (Å²) in [5.41, 5.74) is -0.0974. The number of methoxy groups -OCH3 is 1. The molecular weight excluding hydrogens is 500 g/mol. The van der Waals surface area contributed by atoms with Crippen LogP contribution < -0.4 is 20.3 Å². The molecule has 0 saturated heterocycles. The van der Waals surface area contributed by atoms with E-state index in [2.05, 4.69) is 26.2 Å². The highest BCUT2D eigenvalue weighted by atomic mass is 79.9. The molecule has 4 rings (SSSR count). The van der Waals surface area contributed by atoms with Gasteiger partial charge in [0.05, 0.1) is 12.8 Å². The second-order valence-corrected chi connectivity index (χ2v) is 7.86. The third kappa shape index (κ3) is 4.82. The summed E-state index contributed by atoms with van der Waals surface area (Å²) in [5.74, 6) is 0.123. The normalized spacial score (nSPS) is 11.0. The van der Waals surface area contributed by atoms with Crippen molar-refractivity contribution in [1.82, 2.24) is 9.38 Å². The lowest BCUT2D eigenvalue weighted by Gasteiger charge is -2.11. The molecule has 8 nitrogen and oxygen atoms in total. The van der Waals surface area contributed by atoms with Gasteiger partial charge in [-0.15, -0.1) is 0 Å². The van der Waals surface area contributed by atoms with E-state index in [-0.39, 0.29) is 17.0 Å². The zero-order valence-corrected chi connectivity index (χ0v) is 19.4. The molecule has 0 fully saturated rings. The largest absolute Gasteiger partial charge is 0.495 e. The second kappa shape index (κ2) is 10.0. The van der Waals surface area contributed by atoms with Crippen molar-refractivity contribution in [1.29, 1.82) is 5.26 Å². The average Bonchev–Trinajstić information content (AvgIpc) is 2.85. The number of anilines is 1. The van der Waals surface area contributed by atoms with Crippen LogP contribution in [0.25, 0.3) is 11.7 Å². The van der Waals surface area contributed by atoms with Gasteiger partial charge in [-0.3, -0.25) is 14.0 Å². The molecule has 2 aromatic heterocycles. The first-order chi connectivity index (χ1) is 16.5. The monoisotopic (exact) mass is 516 g/mol. The molecule has 0 radical (unpaired) electrons. The third-order valence-electron chi connectivity index (χ3n) is 4.77. The van der Waals surface area contributed by atoms with Crippen LogP contribution in [0, 0.1) is 11.3 Å². The van der Waals surface area contributed by atoms with Gasteiger partial charge in [-0.1, -0.05) is 34.1 Å². The van der Waals surface area contributed by atoms with Crippen molar-refractivity contribution in [3.05, 3.63) is 98.9 Å². The van der Waals surface area contributed by atoms with Gasteiger partial charge in [0.15, 0.2) is 0 Å². The maximum absolute atomic E-state index is 13.3. The quantitative estimate of drug-likeness (QED) is 0.291. The van der Waals surface area contributed by atoms with Crippen LogP contribution >= 0.6 is 15.9 Å². The van der Waals surface area contributed by atoms with Crippen molar-refractivity contribution in [2.24, 2.45) is 0 Å². The number of ether oxygens (including phenoxy) is 2. The molecule has 0 saturated carbocycles. The fourth-order valence-corrected chi connectivity index (χ4v) is 3.39. The van der Waals surface area contributed by atoms with Crippen molar-refractivity contribution in [2.75, 3.05) is 12.4 Å². The summed E-state index contributed by atoms with van der Waals surface area (Å²) in [7, 11) is 1.47. The Hall–Kier alpha value is -4.42. The summed E-state index contributed by atoms with van der Waals surface area (Å²) in [6, 6.07) is 20.7.